The summed E-state index contributed by atoms with van der Waals surface area (Å²) in [6, 6.07) is 0. The van der Waals surface area contributed by atoms with Crippen molar-refractivity contribution >= 4 is 5.97 Å². The Morgan fingerprint density at radius 2 is 1.44 bits per heavy atom. The van der Waals surface area contributed by atoms with Crippen molar-refractivity contribution in [3.8, 4) is 0 Å². The molecule has 0 aromatic rings. The maximum absolute atomic E-state index is 11.7. The van der Waals surface area contributed by atoms with Crippen LogP contribution in [0.5, 0.6) is 0 Å². The number of esters is 1. The molecule has 2 rings (SSSR count). The lowest BCUT2D eigenvalue weighted by atomic mass is 9.91. The minimum Gasteiger partial charge on any atom is -0.431 e. The van der Waals surface area contributed by atoms with E-state index < -0.39 is 0 Å². The molecule has 0 bridgehead atoms. The van der Waals surface area contributed by atoms with Crippen LogP contribution >= 0.6 is 0 Å². The fourth-order valence-corrected chi connectivity index (χ4v) is 3.01. The van der Waals surface area contributed by atoms with E-state index in [1.165, 1.54) is 56.9 Å². The van der Waals surface area contributed by atoms with Gasteiger partial charge in [0.25, 0.3) is 0 Å². The number of carbonyl (C=O) groups excluding carboxylic acids is 1. The van der Waals surface area contributed by atoms with Crippen LogP contribution in [0.25, 0.3) is 0 Å². The SMILES string of the molecule is CC1CC2=C(CCCCCCCCCC2)OC1=O. The predicted octanol–water partition coefficient (Wildman–Crippen LogP) is 4.74. The Labute approximate surface area is 111 Å². The fourth-order valence-electron chi connectivity index (χ4n) is 3.01. The van der Waals surface area contributed by atoms with Crippen LogP contribution in [0.3, 0.4) is 0 Å². The van der Waals surface area contributed by atoms with Crippen molar-refractivity contribution in [3.05, 3.63) is 11.3 Å². The van der Waals surface area contributed by atoms with Crippen molar-refractivity contribution in [1.82, 2.24) is 0 Å². The van der Waals surface area contributed by atoms with E-state index >= 15 is 0 Å². The fraction of sp³-hybridized carbons (Fsp3) is 0.812. The highest BCUT2D eigenvalue weighted by molar-refractivity contribution is 5.74. The molecule has 1 heterocycles. The zero-order valence-electron chi connectivity index (χ0n) is 11.7. The van der Waals surface area contributed by atoms with Gasteiger partial charge < -0.3 is 4.74 Å². The molecule has 0 spiro atoms. The van der Waals surface area contributed by atoms with Crippen LogP contribution in [-0.2, 0) is 9.53 Å². The summed E-state index contributed by atoms with van der Waals surface area (Å²) in [7, 11) is 0. The summed E-state index contributed by atoms with van der Waals surface area (Å²) in [4.78, 5) is 11.7. The number of ether oxygens (including phenoxy) is 1. The second-order valence-electron chi connectivity index (χ2n) is 5.88. The van der Waals surface area contributed by atoms with Crippen molar-refractivity contribution in [2.45, 2.75) is 77.6 Å². The molecule has 1 aliphatic heterocycles. The van der Waals surface area contributed by atoms with Gasteiger partial charge in [0, 0.05) is 6.42 Å². The van der Waals surface area contributed by atoms with E-state index in [4.69, 9.17) is 4.74 Å². The van der Waals surface area contributed by atoms with E-state index in [0.29, 0.717) is 0 Å². The van der Waals surface area contributed by atoms with Crippen LogP contribution in [0, 0.1) is 5.92 Å². The highest BCUT2D eigenvalue weighted by Crippen LogP contribution is 2.31. The lowest BCUT2D eigenvalue weighted by Gasteiger charge is -2.24. The smallest absolute Gasteiger partial charge is 0.314 e. The number of allylic oxidation sites excluding steroid dienone is 2. The van der Waals surface area contributed by atoms with E-state index in [2.05, 4.69) is 0 Å². The third-order valence-electron chi connectivity index (χ3n) is 4.21. The summed E-state index contributed by atoms with van der Waals surface area (Å²) in [5.41, 5.74) is 1.43. The van der Waals surface area contributed by atoms with Crippen LogP contribution in [-0.4, -0.2) is 5.97 Å². The first-order valence-electron chi connectivity index (χ1n) is 7.70. The maximum atomic E-state index is 11.7. The van der Waals surface area contributed by atoms with Gasteiger partial charge in [-0.1, -0.05) is 45.4 Å². The topological polar surface area (TPSA) is 26.3 Å². The zero-order chi connectivity index (χ0) is 12.8. The normalized spacial score (nSPS) is 27.8. The molecule has 0 radical (unpaired) electrons. The van der Waals surface area contributed by atoms with Gasteiger partial charge >= 0.3 is 5.97 Å². The molecule has 0 fully saturated rings. The van der Waals surface area contributed by atoms with Gasteiger partial charge in [-0.25, -0.2) is 0 Å². The molecule has 1 unspecified atom stereocenters. The summed E-state index contributed by atoms with van der Waals surface area (Å²) in [6.07, 6.45) is 13.6. The largest absolute Gasteiger partial charge is 0.431 e. The number of carbonyl (C=O) groups is 1. The molecule has 1 aliphatic carbocycles. The molecule has 0 N–H and O–H groups in total. The Morgan fingerprint density at radius 3 is 2.11 bits per heavy atom. The average Bonchev–Trinajstić information content (AvgIpc) is 2.34. The Balaban J connectivity index is 2.01. The van der Waals surface area contributed by atoms with E-state index in [9.17, 15) is 4.79 Å². The van der Waals surface area contributed by atoms with Gasteiger partial charge in [0.2, 0.25) is 0 Å². The summed E-state index contributed by atoms with van der Waals surface area (Å²) < 4.78 is 5.55. The minimum atomic E-state index is -0.0131. The molecule has 0 saturated heterocycles. The zero-order valence-corrected chi connectivity index (χ0v) is 11.7. The third kappa shape index (κ3) is 3.86. The summed E-state index contributed by atoms with van der Waals surface area (Å²) in [5.74, 6) is 1.08. The van der Waals surface area contributed by atoms with Crippen molar-refractivity contribution in [2.75, 3.05) is 0 Å². The first-order chi connectivity index (χ1) is 8.77. The van der Waals surface area contributed by atoms with Crippen molar-refractivity contribution in [2.24, 2.45) is 5.92 Å². The van der Waals surface area contributed by atoms with Gasteiger partial charge in [-0.3, -0.25) is 4.79 Å². The summed E-state index contributed by atoms with van der Waals surface area (Å²) in [5, 5.41) is 0. The Bertz CT molecular complexity index is 317. The van der Waals surface area contributed by atoms with Gasteiger partial charge in [-0.15, -0.1) is 0 Å². The van der Waals surface area contributed by atoms with E-state index in [0.717, 1.165) is 25.0 Å². The van der Waals surface area contributed by atoms with Crippen LogP contribution in [0.2, 0.25) is 0 Å². The summed E-state index contributed by atoms with van der Waals surface area (Å²) in [6.45, 7) is 1.99. The lowest BCUT2D eigenvalue weighted by molar-refractivity contribution is -0.145. The molecule has 2 heteroatoms. The van der Waals surface area contributed by atoms with E-state index in [-0.39, 0.29) is 11.9 Å². The minimum absolute atomic E-state index is 0.0131. The maximum Gasteiger partial charge on any atom is 0.314 e. The first kappa shape index (κ1) is 13.6. The van der Waals surface area contributed by atoms with Gasteiger partial charge in [-0.05, 0) is 31.3 Å². The Morgan fingerprint density at radius 1 is 0.889 bits per heavy atom. The molecule has 0 saturated carbocycles. The van der Waals surface area contributed by atoms with Crippen LogP contribution in [0.15, 0.2) is 11.3 Å². The standard InChI is InChI=1S/C16H26O2/c1-13-12-14-10-8-6-4-2-3-5-7-9-11-15(14)18-16(13)17/h13H,2-12H2,1H3. The van der Waals surface area contributed by atoms with Gasteiger partial charge in [0.15, 0.2) is 0 Å². The van der Waals surface area contributed by atoms with Gasteiger partial charge in [-0.2, -0.15) is 0 Å². The lowest BCUT2D eigenvalue weighted by Crippen LogP contribution is -2.22. The molecule has 2 nitrogen and oxygen atoms in total. The first-order valence-corrected chi connectivity index (χ1v) is 7.70. The molecule has 0 aromatic carbocycles. The Kier molecular flexibility index (Phi) is 5.27. The van der Waals surface area contributed by atoms with Crippen LogP contribution in [0.1, 0.15) is 77.6 Å². The number of rotatable bonds is 0. The number of hydrogen-bond donors (Lipinski definition) is 0. The van der Waals surface area contributed by atoms with E-state index in [1.807, 2.05) is 6.92 Å². The Hall–Kier alpha value is -0.790. The highest BCUT2D eigenvalue weighted by Gasteiger charge is 2.26. The second-order valence-corrected chi connectivity index (χ2v) is 5.88. The van der Waals surface area contributed by atoms with E-state index in [1.54, 1.807) is 0 Å². The second kappa shape index (κ2) is 6.96. The average molecular weight is 250 g/mol. The highest BCUT2D eigenvalue weighted by atomic mass is 16.5. The molecule has 2 aliphatic rings. The van der Waals surface area contributed by atoms with Crippen molar-refractivity contribution < 1.29 is 9.53 Å². The predicted molar refractivity (Wildman–Crippen MR) is 73.1 cm³/mol. The molecular formula is C16H26O2. The monoisotopic (exact) mass is 250 g/mol. The van der Waals surface area contributed by atoms with Crippen molar-refractivity contribution in [1.29, 1.82) is 0 Å². The quantitative estimate of drug-likeness (QED) is 0.580. The van der Waals surface area contributed by atoms with Crippen LogP contribution < -0.4 is 0 Å². The van der Waals surface area contributed by atoms with Crippen LogP contribution in [0.4, 0.5) is 0 Å². The number of hydrogen-bond acceptors (Lipinski definition) is 2. The molecule has 0 aromatic heterocycles. The molecule has 18 heavy (non-hydrogen) atoms. The summed E-state index contributed by atoms with van der Waals surface area (Å²) >= 11 is 0. The molecule has 1 atom stereocenters. The van der Waals surface area contributed by atoms with Gasteiger partial charge in [0.1, 0.15) is 5.76 Å². The van der Waals surface area contributed by atoms with Crippen molar-refractivity contribution in [3.63, 3.8) is 0 Å². The molecule has 0 amide bonds. The van der Waals surface area contributed by atoms with Gasteiger partial charge in [0.05, 0.1) is 5.92 Å². The molecule has 102 valence electrons. The third-order valence-corrected chi connectivity index (χ3v) is 4.21. The molecular weight excluding hydrogens is 224 g/mol.